The van der Waals surface area contributed by atoms with Crippen LogP contribution in [-0.2, 0) is 0 Å². The number of piperidine rings is 1. The maximum atomic E-state index is 12.8. The predicted octanol–water partition coefficient (Wildman–Crippen LogP) is 3.09. The Bertz CT molecular complexity index is 1220. The van der Waals surface area contributed by atoms with Gasteiger partial charge in [0.2, 0.25) is 0 Å². The molecule has 1 amide bonds. The van der Waals surface area contributed by atoms with Crippen molar-refractivity contribution in [1.29, 1.82) is 0 Å². The van der Waals surface area contributed by atoms with Crippen LogP contribution >= 0.6 is 0 Å². The van der Waals surface area contributed by atoms with Crippen LogP contribution in [-0.4, -0.2) is 88.3 Å². The summed E-state index contributed by atoms with van der Waals surface area (Å²) in [4.78, 5) is 36.7. The van der Waals surface area contributed by atoms with Gasteiger partial charge in [0.25, 0.3) is 5.91 Å². The van der Waals surface area contributed by atoms with Gasteiger partial charge in [-0.3, -0.25) is 9.78 Å². The summed E-state index contributed by atoms with van der Waals surface area (Å²) in [6, 6.07) is 4.40. The van der Waals surface area contributed by atoms with Gasteiger partial charge < -0.3 is 19.4 Å². The van der Waals surface area contributed by atoms with Gasteiger partial charge in [-0.25, -0.2) is 15.0 Å². The fourth-order valence-corrected chi connectivity index (χ4v) is 4.71. The fraction of sp³-hybridized carbons (Fsp3) is 0.458. The second-order valence-electron chi connectivity index (χ2n) is 9.10. The maximum Gasteiger partial charge on any atom is 0.573 e. The van der Waals surface area contributed by atoms with Gasteiger partial charge in [0, 0.05) is 45.2 Å². The lowest BCUT2D eigenvalue weighted by molar-refractivity contribution is -0.274. The van der Waals surface area contributed by atoms with E-state index in [-0.39, 0.29) is 17.5 Å². The number of nitrogens with zero attached hydrogens (tertiary/aromatic N) is 7. The first kappa shape index (κ1) is 24.2. The minimum Gasteiger partial charge on any atom is -0.404 e. The number of carbonyl (C=O) groups excluding carboxylic acids is 1. The number of carbonyl (C=O) groups is 1. The summed E-state index contributed by atoms with van der Waals surface area (Å²) >= 11 is 0. The molecule has 0 aliphatic carbocycles. The summed E-state index contributed by atoms with van der Waals surface area (Å²) in [5.74, 6) is -0.664. The molecule has 2 aliphatic heterocycles. The molecule has 0 bridgehead atoms. The van der Waals surface area contributed by atoms with Crippen molar-refractivity contribution in [3.05, 3.63) is 48.3 Å². The Hall–Kier alpha value is -3.54. The van der Waals surface area contributed by atoms with Gasteiger partial charge in [-0.1, -0.05) is 0 Å². The molecule has 0 atom stereocenters. The zero-order chi connectivity index (χ0) is 25.3. The molecule has 12 heteroatoms. The lowest BCUT2D eigenvalue weighted by Gasteiger charge is -2.34. The molecule has 0 spiro atoms. The minimum atomic E-state index is -4.80. The van der Waals surface area contributed by atoms with Gasteiger partial charge in [0.15, 0.2) is 0 Å². The molecule has 0 unspecified atom stereocenters. The number of halogens is 3. The third kappa shape index (κ3) is 5.32. The number of ether oxygens (including phenoxy) is 1. The molecule has 2 saturated heterocycles. The Morgan fingerprint density at radius 3 is 2.39 bits per heavy atom. The number of aromatic nitrogens is 4. The van der Waals surface area contributed by atoms with E-state index in [2.05, 4.69) is 42.6 Å². The zero-order valence-electron chi connectivity index (χ0n) is 19.8. The Balaban J connectivity index is 1.24. The predicted molar refractivity (Wildman–Crippen MR) is 126 cm³/mol. The monoisotopic (exact) mass is 501 g/mol. The van der Waals surface area contributed by atoms with Crippen molar-refractivity contribution < 1.29 is 22.7 Å². The molecule has 9 nitrogen and oxygen atoms in total. The molecule has 0 radical (unpaired) electrons. The molecule has 5 rings (SSSR count). The quantitative estimate of drug-likeness (QED) is 0.539. The summed E-state index contributed by atoms with van der Waals surface area (Å²) in [6.45, 7) is 4.87. The summed E-state index contributed by atoms with van der Waals surface area (Å²) in [5.41, 5.74) is 3.60. The van der Waals surface area contributed by atoms with Crippen LogP contribution in [0.1, 0.15) is 34.9 Å². The van der Waals surface area contributed by atoms with E-state index < -0.39 is 12.1 Å². The van der Waals surface area contributed by atoms with Crippen LogP contribution in [0.15, 0.2) is 36.9 Å². The first-order valence-electron chi connectivity index (χ1n) is 11.8. The Labute approximate surface area is 205 Å². The molecule has 190 valence electrons. The average molecular weight is 502 g/mol. The van der Waals surface area contributed by atoms with Crippen molar-refractivity contribution >= 4 is 22.6 Å². The lowest BCUT2D eigenvalue weighted by atomic mass is 9.92. The number of piperazine rings is 1. The second kappa shape index (κ2) is 9.84. The standard InChI is InChI=1S/C24H26F3N7O2/c1-32-8-10-33(11-9-32)17-12-20-22(29-13-17)21(31-15-30-20)16-4-6-34(7-5-16)23(35)19-3-2-18(14-28-19)36-24(25,26)27/h2-3,12-16H,4-11H2,1H3. The molecule has 0 N–H and O–H groups in total. The highest BCUT2D eigenvalue weighted by molar-refractivity contribution is 5.92. The van der Waals surface area contributed by atoms with E-state index in [1.54, 1.807) is 11.2 Å². The molecule has 2 aliphatic rings. The number of likely N-dealkylation sites (N-methyl/N-ethyl adjacent to an activating group) is 1. The van der Waals surface area contributed by atoms with Gasteiger partial charge in [-0.2, -0.15) is 0 Å². The number of anilines is 1. The first-order valence-corrected chi connectivity index (χ1v) is 11.8. The Kier molecular flexibility index (Phi) is 6.61. The lowest BCUT2D eigenvalue weighted by Crippen LogP contribution is -2.44. The van der Waals surface area contributed by atoms with E-state index in [0.717, 1.165) is 60.9 Å². The highest BCUT2D eigenvalue weighted by atomic mass is 19.4. The van der Waals surface area contributed by atoms with E-state index in [4.69, 9.17) is 4.98 Å². The van der Waals surface area contributed by atoms with Crippen LogP contribution in [0.5, 0.6) is 5.75 Å². The Morgan fingerprint density at radius 2 is 1.72 bits per heavy atom. The number of fused-ring (bicyclic) bond motifs is 1. The summed E-state index contributed by atoms with van der Waals surface area (Å²) in [6.07, 6.45) is 0.935. The summed E-state index contributed by atoms with van der Waals surface area (Å²) in [7, 11) is 2.12. The second-order valence-corrected chi connectivity index (χ2v) is 9.10. The van der Waals surface area contributed by atoms with Crippen molar-refractivity contribution in [2.45, 2.75) is 25.1 Å². The van der Waals surface area contributed by atoms with Crippen molar-refractivity contribution in [1.82, 2.24) is 29.7 Å². The van der Waals surface area contributed by atoms with Crippen LogP contribution in [0.2, 0.25) is 0 Å². The fourth-order valence-electron chi connectivity index (χ4n) is 4.71. The number of amides is 1. The van der Waals surface area contributed by atoms with Gasteiger partial charge in [0.1, 0.15) is 23.3 Å². The van der Waals surface area contributed by atoms with E-state index in [1.807, 2.05) is 6.20 Å². The number of likely N-dealkylation sites (tertiary alicyclic amines) is 1. The number of alkyl halides is 3. The molecule has 5 heterocycles. The number of pyridine rings is 2. The first-order chi connectivity index (χ1) is 17.3. The molecule has 3 aromatic rings. The number of hydrogen-bond acceptors (Lipinski definition) is 8. The summed E-state index contributed by atoms with van der Waals surface area (Å²) in [5, 5.41) is 0. The summed E-state index contributed by atoms with van der Waals surface area (Å²) < 4.78 is 40.8. The number of hydrogen-bond donors (Lipinski definition) is 0. The molecule has 36 heavy (non-hydrogen) atoms. The van der Waals surface area contributed by atoms with E-state index in [0.29, 0.717) is 25.9 Å². The van der Waals surface area contributed by atoms with Crippen LogP contribution in [0.3, 0.4) is 0 Å². The molecule has 3 aromatic heterocycles. The highest BCUT2D eigenvalue weighted by Gasteiger charge is 2.32. The average Bonchev–Trinajstić information content (AvgIpc) is 2.88. The van der Waals surface area contributed by atoms with Crippen LogP contribution < -0.4 is 9.64 Å². The number of rotatable bonds is 4. The van der Waals surface area contributed by atoms with Crippen LogP contribution in [0.4, 0.5) is 18.9 Å². The topological polar surface area (TPSA) is 87.6 Å². The maximum absolute atomic E-state index is 12.8. The van der Waals surface area contributed by atoms with Gasteiger partial charge in [0.05, 0.1) is 29.3 Å². The van der Waals surface area contributed by atoms with E-state index >= 15 is 0 Å². The van der Waals surface area contributed by atoms with Crippen LogP contribution in [0, 0.1) is 0 Å². The molecular weight excluding hydrogens is 475 g/mol. The minimum absolute atomic E-state index is 0.0774. The molecule has 0 saturated carbocycles. The van der Waals surface area contributed by atoms with Crippen molar-refractivity contribution in [2.24, 2.45) is 0 Å². The molecule has 0 aromatic carbocycles. The third-order valence-corrected chi connectivity index (χ3v) is 6.72. The SMILES string of the molecule is CN1CCN(c2cnc3c(C4CCN(C(=O)c5ccc(OC(F)(F)F)cn5)CC4)ncnc3c2)CC1. The van der Waals surface area contributed by atoms with Crippen LogP contribution in [0.25, 0.3) is 11.0 Å². The van der Waals surface area contributed by atoms with Gasteiger partial charge in [-0.05, 0) is 38.1 Å². The highest BCUT2D eigenvalue weighted by Crippen LogP contribution is 2.32. The van der Waals surface area contributed by atoms with Gasteiger partial charge in [-0.15, -0.1) is 13.2 Å². The Morgan fingerprint density at radius 1 is 0.972 bits per heavy atom. The van der Waals surface area contributed by atoms with Crippen molar-refractivity contribution in [3.8, 4) is 5.75 Å². The van der Waals surface area contributed by atoms with E-state index in [1.165, 1.54) is 6.07 Å². The largest absolute Gasteiger partial charge is 0.573 e. The third-order valence-electron chi connectivity index (χ3n) is 6.72. The normalized spacial score (nSPS) is 18.0. The zero-order valence-corrected chi connectivity index (χ0v) is 19.8. The van der Waals surface area contributed by atoms with Crippen molar-refractivity contribution in [3.63, 3.8) is 0 Å². The molecular formula is C24H26F3N7O2. The van der Waals surface area contributed by atoms with Crippen molar-refractivity contribution in [2.75, 3.05) is 51.2 Å². The van der Waals surface area contributed by atoms with Gasteiger partial charge >= 0.3 is 6.36 Å². The smallest absolute Gasteiger partial charge is 0.404 e. The van der Waals surface area contributed by atoms with E-state index in [9.17, 15) is 18.0 Å². The molecule has 2 fully saturated rings.